The van der Waals surface area contributed by atoms with Crippen LogP contribution in [0, 0.1) is 0 Å². The standard InChI is InChI=1S/C4H9NO3S/c1-3-4(2)5-9(6,7)8/h3-5H,1H2,2H3,(H,6,7,8). The molecule has 0 radical (unpaired) electrons. The molecule has 1 unspecified atom stereocenters. The van der Waals surface area contributed by atoms with E-state index in [1.165, 1.54) is 6.08 Å². The van der Waals surface area contributed by atoms with Gasteiger partial charge in [0.1, 0.15) is 0 Å². The summed E-state index contributed by atoms with van der Waals surface area (Å²) >= 11 is 0. The highest BCUT2D eigenvalue weighted by Crippen LogP contribution is 1.83. The fraction of sp³-hybridized carbons (Fsp3) is 0.500. The molecule has 0 aromatic carbocycles. The summed E-state index contributed by atoms with van der Waals surface area (Å²) in [5, 5.41) is 0. The maximum Gasteiger partial charge on any atom is 0.333 e. The van der Waals surface area contributed by atoms with Crippen molar-refractivity contribution < 1.29 is 13.0 Å². The number of hydrogen-bond donors (Lipinski definition) is 2. The normalized spacial score (nSPS) is 14.9. The van der Waals surface area contributed by atoms with E-state index in [0.717, 1.165) is 0 Å². The molecular formula is C4H9NO3S. The van der Waals surface area contributed by atoms with Crippen molar-refractivity contribution in [1.82, 2.24) is 4.72 Å². The van der Waals surface area contributed by atoms with Crippen molar-refractivity contribution in [3.05, 3.63) is 12.7 Å². The molecule has 0 rings (SSSR count). The van der Waals surface area contributed by atoms with Crippen molar-refractivity contribution in [2.75, 3.05) is 0 Å². The second-order valence-electron chi connectivity index (χ2n) is 1.62. The molecule has 0 heterocycles. The van der Waals surface area contributed by atoms with Crippen LogP contribution in [0.1, 0.15) is 6.92 Å². The van der Waals surface area contributed by atoms with Gasteiger partial charge in [-0.3, -0.25) is 4.55 Å². The molecule has 2 N–H and O–H groups in total. The van der Waals surface area contributed by atoms with Gasteiger partial charge in [-0.15, -0.1) is 6.58 Å². The average Bonchev–Trinajstić information content (AvgIpc) is 1.62. The molecule has 0 aliphatic carbocycles. The van der Waals surface area contributed by atoms with Gasteiger partial charge in [-0.25, -0.2) is 0 Å². The summed E-state index contributed by atoms with van der Waals surface area (Å²) in [7, 11) is -4.06. The van der Waals surface area contributed by atoms with E-state index >= 15 is 0 Å². The Bertz CT molecular complexity index is 184. The molecule has 54 valence electrons. The Kier molecular flexibility index (Phi) is 2.83. The molecule has 5 heteroatoms. The third-order valence-electron chi connectivity index (χ3n) is 0.688. The van der Waals surface area contributed by atoms with Crippen molar-refractivity contribution in [1.29, 1.82) is 0 Å². The van der Waals surface area contributed by atoms with E-state index in [0.29, 0.717) is 0 Å². The van der Waals surface area contributed by atoms with Crippen molar-refractivity contribution >= 4 is 10.3 Å². The summed E-state index contributed by atoms with van der Waals surface area (Å²) in [6.45, 7) is 4.86. The Morgan fingerprint density at radius 2 is 2.22 bits per heavy atom. The minimum Gasteiger partial charge on any atom is -0.273 e. The van der Waals surface area contributed by atoms with Crippen LogP contribution in [0.4, 0.5) is 0 Å². The van der Waals surface area contributed by atoms with E-state index in [9.17, 15) is 8.42 Å². The molecule has 0 spiro atoms. The molecule has 0 fully saturated rings. The van der Waals surface area contributed by atoms with E-state index in [4.69, 9.17) is 4.55 Å². The molecule has 0 saturated heterocycles. The minimum absolute atomic E-state index is 0.431. The van der Waals surface area contributed by atoms with Crippen molar-refractivity contribution in [3.63, 3.8) is 0 Å². The van der Waals surface area contributed by atoms with Crippen LogP contribution >= 0.6 is 0 Å². The summed E-state index contributed by atoms with van der Waals surface area (Å²) in [5.41, 5.74) is 0. The molecule has 0 amide bonds. The van der Waals surface area contributed by atoms with Gasteiger partial charge in [0.25, 0.3) is 0 Å². The largest absolute Gasteiger partial charge is 0.333 e. The summed E-state index contributed by atoms with van der Waals surface area (Å²) in [5.74, 6) is 0. The molecule has 0 aromatic rings. The summed E-state index contributed by atoms with van der Waals surface area (Å²) in [6, 6.07) is -0.431. The van der Waals surface area contributed by atoms with Gasteiger partial charge >= 0.3 is 10.3 Å². The van der Waals surface area contributed by atoms with Crippen LogP contribution < -0.4 is 4.72 Å². The van der Waals surface area contributed by atoms with Crippen LogP contribution in [0.5, 0.6) is 0 Å². The first-order valence-electron chi connectivity index (χ1n) is 2.33. The van der Waals surface area contributed by atoms with Crippen molar-refractivity contribution in [2.45, 2.75) is 13.0 Å². The maximum absolute atomic E-state index is 10.00. The van der Waals surface area contributed by atoms with Crippen LogP contribution in [0.3, 0.4) is 0 Å². The Morgan fingerprint density at radius 3 is 2.33 bits per heavy atom. The van der Waals surface area contributed by atoms with E-state index in [1.807, 2.05) is 4.72 Å². The van der Waals surface area contributed by atoms with Gasteiger partial charge in [-0.2, -0.15) is 13.1 Å². The van der Waals surface area contributed by atoms with Gasteiger partial charge in [-0.05, 0) is 6.92 Å². The SMILES string of the molecule is C=CC(C)NS(=O)(=O)O. The second-order valence-corrected chi connectivity index (χ2v) is 2.80. The fourth-order valence-corrected chi connectivity index (χ4v) is 0.849. The fourth-order valence-electron chi connectivity index (χ4n) is 0.283. The lowest BCUT2D eigenvalue weighted by Gasteiger charge is -2.02. The lowest BCUT2D eigenvalue weighted by molar-refractivity contribution is 0.463. The molecule has 1 atom stereocenters. The van der Waals surface area contributed by atoms with Crippen LogP contribution in [0.25, 0.3) is 0 Å². The zero-order chi connectivity index (χ0) is 7.49. The first-order chi connectivity index (χ1) is 3.95. The zero-order valence-corrected chi connectivity index (χ0v) is 5.85. The lowest BCUT2D eigenvalue weighted by atomic mass is 10.4. The van der Waals surface area contributed by atoms with E-state index in [2.05, 4.69) is 6.58 Å². The quantitative estimate of drug-likeness (QED) is 0.439. The highest BCUT2D eigenvalue weighted by Gasteiger charge is 2.04. The Labute approximate surface area is 54.5 Å². The highest BCUT2D eigenvalue weighted by atomic mass is 32.2. The van der Waals surface area contributed by atoms with Crippen LogP contribution in [-0.4, -0.2) is 19.0 Å². The molecule has 4 nitrogen and oxygen atoms in total. The number of hydrogen-bond acceptors (Lipinski definition) is 2. The van der Waals surface area contributed by atoms with E-state index in [1.54, 1.807) is 6.92 Å². The second kappa shape index (κ2) is 2.95. The van der Waals surface area contributed by atoms with Gasteiger partial charge in [0, 0.05) is 6.04 Å². The Balaban J connectivity index is 3.89. The first kappa shape index (κ1) is 8.61. The van der Waals surface area contributed by atoms with Crippen LogP contribution in [-0.2, 0) is 10.3 Å². The average molecular weight is 151 g/mol. The molecular weight excluding hydrogens is 142 g/mol. The summed E-state index contributed by atoms with van der Waals surface area (Å²) in [6.07, 6.45) is 1.37. The maximum atomic E-state index is 10.00. The van der Waals surface area contributed by atoms with Gasteiger partial charge in [0.15, 0.2) is 0 Å². The molecule has 0 aromatic heterocycles. The van der Waals surface area contributed by atoms with Gasteiger partial charge in [0.2, 0.25) is 0 Å². The lowest BCUT2D eigenvalue weighted by Crippen LogP contribution is -2.29. The predicted octanol–water partition coefficient (Wildman–Crippen LogP) is -0.0467. The number of nitrogens with one attached hydrogen (secondary N) is 1. The van der Waals surface area contributed by atoms with Crippen molar-refractivity contribution in [3.8, 4) is 0 Å². The Hall–Kier alpha value is -0.390. The molecule has 0 saturated carbocycles. The van der Waals surface area contributed by atoms with E-state index in [-0.39, 0.29) is 0 Å². The molecule has 9 heavy (non-hydrogen) atoms. The highest BCUT2D eigenvalue weighted by molar-refractivity contribution is 7.83. The topological polar surface area (TPSA) is 66.4 Å². The molecule has 0 bridgehead atoms. The third-order valence-corrected chi connectivity index (χ3v) is 1.36. The Morgan fingerprint density at radius 1 is 1.78 bits per heavy atom. The zero-order valence-electron chi connectivity index (χ0n) is 5.03. The monoisotopic (exact) mass is 151 g/mol. The third kappa shape index (κ3) is 5.48. The van der Waals surface area contributed by atoms with Crippen LogP contribution in [0.15, 0.2) is 12.7 Å². The van der Waals surface area contributed by atoms with Crippen LogP contribution in [0.2, 0.25) is 0 Å². The van der Waals surface area contributed by atoms with Gasteiger partial charge in [-0.1, -0.05) is 6.08 Å². The smallest absolute Gasteiger partial charge is 0.273 e. The van der Waals surface area contributed by atoms with Gasteiger partial charge < -0.3 is 0 Å². The molecule has 0 aliphatic heterocycles. The molecule has 0 aliphatic rings. The summed E-state index contributed by atoms with van der Waals surface area (Å²) in [4.78, 5) is 0. The predicted molar refractivity (Wildman–Crippen MR) is 34.3 cm³/mol. The van der Waals surface area contributed by atoms with Gasteiger partial charge in [0.05, 0.1) is 0 Å². The summed E-state index contributed by atoms with van der Waals surface area (Å²) < 4.78 is 30.0. The minimum atomic E-state index is -4.06. The first-order valence-corrected chi connectivity index (χ1v) is 3.77. The van der Waals surface area contributed by atoms with E-state index < -0.39 is 16.3 Å². The number of rotatable bonds is 3. The van der Waals surface area contributed by atoms with Crippen molar-refractivity contribution in [2.24, 2.45) is 0 Å².